The van der Waals surface area contributed by atoms with E-state index >= 15 is 0 Å². The van der Waals surface area contributed by atoms with Gasteiger partial charge in [0, 0.05) is 24.7 Å². The van der Waals surface area contributed by atoms with Gasteiger partial charge in [0.25, 0.3) is 0 Å². The Morgan fingerprint density at radius 2 is 1.90 bits per heavy atom. The summed E-state index contributed by atoms with van der Waals surface area (Å²) in [5, 5.41) is 2.99. The molecule has 0 bridgehead atoms. The number of amides is 1. The highest BCUT2D eigenvalue weighted by Gasteiger charge is 2.18. The number of benzene rings is 1. The van der Waals surface area contributed by atoms with Crippen LogP contribution in [0.25, 0.3) is 0 Å². The Balaban J connectivity index is 1.93. The van der Waals surface area contributed by atoms with E-state index in [-0.39, 0.29) is 23.6 Å². The van der Waals surface area contributed by atoms with Crippen molar-refractivity contribution in [3.63, 3.8) is 0 Å². The fraction of sp³-hybridized carbons (Fsp3) is 0.562. The molecule has 0 aromatic heterocycles. The van der Waals surface area contributed by atoms with Gasteiger partial charge in [0.15, 0.2) is 0 Å². The van der Waals surface area contributed by atoms with Gasteiger partial charge in [0.05, 0.1) is 6.54 Å². The summed E-state index contributed by atoms with van der Waals surface area (Å²) < 4.78 is 27.4. The van der Waals surface area contributed by atoms with Crippen LogP contribution in [0.2, 0.25) is 0 Å². The highest BCUT2D eigenvalue weighted by Crippen LogP contribution is 2.20. The summed E-state index contributed by atoms with van der Waals surface area (Å²) in [5.41, 5.74) is 0.539. The monoisotopic (exact) mass is 296 g/mol. The molecule has 1 aliphatic heterocycles. The summed E-state index contributed by atoms with van der Waals surface area (Å²) in [4.78, 5) is 13.9. The van der Waals surface area contributed by atoms with Crippen molar-refractivity contribution in [2.45, 2.75) is 39.2 Å². The SMILES string of the molecule is Cc1cc(F)c(C(C)NCC(=O)N2CCCCC2)cc1F. The topological polar surface area (TPSA) is 32.3 Å². The molecule has 1 unspecified atom stereocenters. The van der Waals surface area contributed by atoms with Crippen molar-refractivity contribution < 1.29 is 13.6 Å². The Morgan fingerprint density at radius 3 is 2.57 bits per heavy atom. The van der Waals surface area contributed by atoms with E-state index in [4.69, 9.17) is 0 Å². The molecule has 0 spiro atoms. The molecule has 1 amide bonds. The number of hydrogen-bond acceptors (Lipinski definition) is 2. The van der Waals surface area contributed by atoms with Crippen LogP contribution in [-0.4, -0.2) is 30.4 Å². The summed E-state index contributed by atoms with van der Waals surface area (Å²) in [6.45, 7) is 5.00. The van der Waals surface area contributed by atoms with Gasteiger partial charge in [0.2, 0.25) is 5.91 Å². The highest BCUT2D eigenvalue weighted by atomic mass is 19.1. The lowest BCUT2D eigenvalue weighted by Gasteiger charge is -2.27. The van der Waals surface area contributed by atoms with Crippen LogP contribution in [-0.2, 0) is 4.79 Å². The fourth-order valence-corrected chi connectivity index (χ4v) is 2.60. The van der Waals surface area contributed by atoms with E-state index in [0.717, 1.165) is 25.9 Å². The lowest BCUT2D eigenvalue weighted by Crippen LogP contribution is -2.41. The number of carbonyl (C=O) groups is 1. The Kier molecular flexibility index (Phi) is 5.28. The number of likely N-dealkylation sites (tertiary alicyclic amines) is 1. The summed E-state index contributed by atoms with van der Waals surface area (Å²) >= 11 is 0. The fourth-order valence-electron chi connectivity index (χ4n) is 2.60. The molecular formula is C16H22F2N2O. The maximum absolute atomic E-state index is 13.9. The summed E-state index contributed by atoms with van der Waals surface area (Å²) in [7, 11) is 0. The van der Waals surface area contributed by atoms with Gasteiger partial charge in [-0.3, -0.25) is 4.79 Å². The van der Waals surface area contributed by atoms with Gasteiger partial charge in [-0.15, -0.1) is 0 Å². The summed E-state index contributed by atoms with van der Waals surface area (Å²) in [6, 6.07) is 1.98. The van der Waals surface area contributed by atoms with E-state index in [9.17, 15) is 13.6 Å². The molecule has 2 rings (SSSR count). The molecular weight excluding hydrogens is 274 g/mol. The van der Waals surface area contributed by atoms with Crippen molar-refractivity contribution in [3.05, 3.63) is 34.9 Å². The van der Waals surface area contributed by atoms with Gasteiger partial charge in [-0.25, -0.2) is 8.78 Å². The number of piperidine rings is 1. The Morgan fingerprint density at radius 1 is 1.24 bits per heavy atom. The van der Waals surface area contributed by atoms with Gasteiger partial charge >= 0.3 is 0 Å². The quantitative estimate of drug-likeness (QED) is 0.926. The first-order valence-corrected chi connectivity index (χ1v) is 7.45. The van der Waals surface area contributed by atoms with Crippen LogP contribution in [0.4, 0.5) is 8.78 Å². The van der Waals surface area contributed by atoms with E-state index in [1.165, 1.54) is 25.5 Å². The van der Waals surface area contributed by atoms with Crippen LogP contribution in [0.3, 0.4) is 0 Å². The van der Waals surface area contributed by atoms with Crippen molar-refractivity contribution in [1.82, 2.24) is 10.2 Å². The second-order valence-electron chi connectivity index (χ2n) is 5.67. The van der Waals surface area contributed by atoms with Crippen molar-refractivity contribution in [2.24, 2.45) is 0 Å². The molecule has 1 N–H and O–H groups in total. The number of nitrogens with zero attached hydrogens (tertiary/aromatic N) is 1. The molecule has 1 fully saturated rings. The number of carbonyl (C=O) groups excluding carboxylic acids is 1. The molecule has 1 atom stereocenters. The van der Waals surface area contributed by atoms with Crippen LogP contribution in [0.5, 0.6) is 0 Å². The Labute approximate surface area is 124 Å². The molecule has 1 saturated heterocycles. The molecule has 0 radical (unpaired) electrons. The maximum atomic E-state index is 13.9. The molecule has 5 heteroatoms. The van der Waals surface area contributed by atoms with Crippen molar-refractivity contribution in [1.29, 1.82) is 0 Å². The predicted molar refractivity (Wildman–Crippen MR) is 77.9 cm³/mol. The molecule has 3 nitrogen and oxygen atoms in total. The van der Waals surface area contributed by atoms with Gasteiger partial charge in [-0.05, 0) is 50.8 Å². The minimum absolute atomic E-state index is 0.0227. The highest BCUT2D eigenvalue weighted by molar-refractivity contribution is 5.78. The van der Waals surface area contributed by atoms with E-state index < -0.39 is 17.7 Å². The van der Waals surface area contributed by atoms with E-state index in [1.807, 2.05) is 4.90 Å². The van der Waals surface area contributed by atoms with Crippen LogP contribution in [0.1, 0.15) is 43.4 Å². The van der Waals surface area contributed by atoms with E-state index in [1.54, 1.807) is 6.92 Å². The third-order valence-corrected chi connectivity index (χ3v) is 4.01. The third kappa shape index (κ3) is 4.00. The average Bonchev–Trinajstić information content (AvgIpc) is 2.49. The number of rotatable bonds is 4. The second kappa shape index (κ2) is 6.98. The van der Waals surface area contributed by atoms with Crippen LogP contribution < -0.4 is 5.32 Å². The van der Waals surface area contributed by atoms with E-state index in [2.05, 4.69) is 5.32 Å². The lowest BCUT2D eigenvalue weighted by molar-refractivity contribution is -0.131. The van der Waals surface area contributed by atoms with Gasteiger partial charge in [0.1, 0.15) is 11.6 Å². The Hall–Kier alpha value is -1.49. The van der Waals surface area contributed by atoms with Crippen molar-refractivity contribution >= 4 is 5.91 Å². The zero-order valence-corrected chi connectivity index (χ0v) is 12.6. The van der Waals surface area contributed by atoms with Crippen molar-refractivity contribution in [3.8, 4) is 0 Å². The maximum Gasteiger partial charge on any atom is 0.236 e. The largest absolute Gasteiger partial charge is 0.342 e. The third-order valence-electron chi connectivity index (χ3n) is 4.01. The normalized spacial score (nSPS) is 16.9. The van der Waals surface area contributed by atoms with Gasteiger partial charge in [-0.1, -0.05) is 0 Å². The zero-order valence-electron chi connectivity index (χ0n) is 12.6. The number of nitrogens with one attached hydrogen (secondary N) is 1. The summed E-state index contributed by atoms with van der Waals surface area (Å²) in [6.07, 6.45) is 3.25. The number of halogens is 2. The number of aryl methyl sites for hydroxylation is 1. The molecule has 1 aliphatic rings. The standard InChI is InChI=1S/C16H22F2N2O/c1-11-8-15(18)13(9-14(11)17)12(2)19-10-16(21)20-6-4-3-5-7-20/h8-9,12,19H,3-7,10H2,1-2H3. The second-order valence-corrected chi connectivity index (χ2v) is 5.67. The first kappa shape index (κ1) is 15.9. The average molecular weight is 296 g/mol. The molecule has 0 saturated carbocycles. The minimum Gasteiger partial charge on any atom is -0.342 e. The first-order chi connectivity index (χ1) is 9.99. The molecule has 1 aromatic rings. The summed E-state index contributed by atoms with van der Waals surface area (Å²) in [5.74, 6) is -0.851. The van der Waals surface area contributed by atoms with Gasteiger partial charge < -0.3 is 10.2 Å². The minimum atomic E-state index is -0.445. The molecule has 1 aromatic carbocycles. The molecule has 0 aliphatic carbocycles. The van der Waals surface area contributed by atoms with Crippen LogP contribution in [0, 0.1) is 18.6 Å². The smallest absolute Gasteiger partial charge is 0.236 e. The Bertz CT molecular complexity index is 513. The van der Waals surface area contributed by atoms with Crippen molar-refractivity contribution in [2.75, 3.05) is 19.6 Å². The molecule has 21 heavy (non-hydrogen) atoms. The lowest BCUT2D eigenvalue weighted by atomic mass is 10.0. The van der Waals surface area contributed by atoms with Gasteiger partial charge in [-0.2, -0.15) is 0 Å². The molecule has 116 valence electrons. The van der Waals surface area contributed by atoms with Crippen LogP contribution >= 0.6 is 0 Å². The number of hydrogen-bond donors (Lipinski definition) is 1. The van der Waals surface area contributed by atoms with E-state index in [0.29, 0.717) is 0 Å². The molecule has 1 heterocycles. The zero-order chi connectivity index (χ0) is 15.4. The predicted octanol–water partition coefficient (Wildman–Crippen LogP) is 2.94. The van der Waals surface area contributed by atoms with Crippen LogP contribution in [0.15, 0.2) is 12.1 Å². The first-order valence-electron chi connectivity index (χ1n) is 7.45.